The molecule has 0 spiro atoms. The third kappa shape index (κ3) is 3.71. The lowest BCUT2D eigenvalue weighted by molar-refractivity contribution is 0.414. The van der Waals surface area contributed by atoms with Gasteiger partial charge in [0.25, 0.3) is 0 Å². The first-order valence-electron chi connectivity index (χ1n) is 6.10. The summed E-state index contributed by atoms with van der Waals surface area (Å²) in [5, 5.41) is 0. The monoisotopic (exact) mass is 310 g/mol. The van der Waals surface area contributed by atoms with Gasteiger partial charge in [0.05, 0.1) is 17.7 Å². The maximum atomic E-state index is 13.1. The highest BCUT2D eigenvalue weighted by molar-refractivity contribution is 7.89. The molecule has 3 N–H and O–H groups in total. The Balaban J connectivity index is 2.11. The van der Waals surface area contributed by atoms with Crippen LogP contribution < -0.4 is 15.2 Å². The van der Waals surface area contributed by atoms with E-state index < -0.39 is 15.8 Å². The van der Waals surface area contributed by atoms with E-state index >= 15 is 0 Å². The molecule has 0 unspecified atom stereocenters. The van der Waals surface area contributed by atoms with Crippen LogP contribution in [0, 0.1) is 5.82 Å². The fourth-order valence-electron chi connectivity index (χ4n) is 1.69. The van der Waals surface area contributed by atoms with Crippen LogP contribution in [0.4, 0.5) is 10.1 Å². The van der Waals surface area contributed by atoms with Crippen molar-refractivity contribution in [3.8, 4) is 5.75 Å². The second-order valence-electron chi connectivity index (χ2n) is 4.36. The number of methoxy groups -OCH3 is 1. The molecular weight excluding hydrogens is 295 g/mol. The summed E-state index contributed by atoms with van der Waals surface area (Å²) in [5.74, 6) is 0.0389. The molecule has 7 heteroatoms. The molecule has 0 radical (unpaired) electrons. The number of nitrogen functional groups attached to an aromatic ring is 1. The van der Waals surface area contributed by atoms with Crippen molar-refractivity contribution in [1.29, 1.82) is 0 Å². The van der Waals surface area contributed by atoms with Gasteiger partial charge in [-0.1, -0.05) is 12.1 Å². The maximum absolute atomic E-state index is 13.1. The summed E-state index contributed by atoms with van der Waals surface area (Å²) in [5.41, 5.74) is 5.94. The van der Waals surface area contributed by atoms with Crippen LogP contribution in [-0.2, 0) is 16.6 Å². The highest BCUT2D eigenvalue weighted by atomic mass is 32.2. The van der Waals surface area contributed by atoms with Crippen molar-refractivity contribution in [2.45, 2.75) is 11.4 Å². The first-order valence-corrected chi connectivity index (χ1v) is 7.58. The van der Waals surface area contributed by atoms with E-state index in [1.54, 1.807) is 31.4 Å². The van der Waals surface area contributed by atoms with Crippen LogP contribution in [0.25, 0.3) is 0 Å². The number of anilines is 1. The summed E-state index contributed by atoms with van der Waals surface area (Å²) in [4.78, 5) is -0.0742. The summed E-state index contributed by atoms with van der Waals surface area (Å²) in [6, 6.07) is 10.3. The van der Waals surface area contributed by atoms with Gasteiger partial charge in [0.15, 0.2) is 0 Å². The van der Waals surface area contributed by atoms with Crippen LogP contribution in [0.5, 0.6) is 5.75 Å². The number of nitrogens with two attached hydrogens (primary N) is 1. The number of benzene rings is 2. The molecule has 0 aliphatic rings. The molecule has 2 rings (SSSR count). The second-order valence-corrected chi connectivity index (χ2v) is 6.12. The van der Waals surface area contributed by atoms with Gasteiger partial charge in [-0.15, -0.1) is 0 Å². The van der Waals surface area contributed by atoms with E-state index in [1.807, 2.05) is 0 Å². The quantitative estimate of drug-likeness (QED) is 0.826. The van der Waals surface area contributed by atoms with Gasteiger partial charge in [-0.05, 0) is 35.9 Å². The van der Waals surface area contributed by atoms with E-state index in [4.69, 9.17) is 10.5 Å². The summed E-state index contributed by atoms with van der Waals surface area (Å²) in [6.45, 7) is 0.115. The third-order valence-electron chi connectivity index (χ3n) is 2.90. The van der Waals surface area contributed by atoms with Crippen molar-refractivity contribution in [2.24, 2.45) is 0 Å². The number of halogens is 1. The smallest absolute Gasteiger partial charge is 0.240 e. The highest BCUT2D eigenvalue weighted by Crippen LogP contribution is 2.17. The Kier molecular flexibility index (Phi) is 4.44. The van der Waals surface area contributed by atoms with Crippen molar-refractivity contribution in [2.75, 3.05) is 12.8 Å². The lowest BCUT2D eigenvalue weighted by Gasteiger charge is -2.08. The van der Waals surface area contributed by atoms with Crippen LogP contribution in [0.15, 0.2) is 47.4 Å². The predicted molar refractivity (Wildman–Crippen MR) is 77.8 cm³/mol. The molecule has 0 amide bonds. The summed E-state index contributed by atoms with van der Waals surface area (Å²) in [7, 11) is -2.19. The standard InChI is InChI=1S/C14H15FN2O3S/c1-20-11-4-2-10(3-5-11)9-17-21(18,19)12-6-7-13(15)14(16)8-12/h2-8,17H,9,16H2,1H3. The van der Waals surface area contributed by atoms with Crippen LogP contribution >= 0.6 is 0 Å². The first kappa shape index (κ1) is 15.3. The molecule has 2 aromatic rings. The topological polar surface area (TPSA) is 81.4 Å². The maximum Gasteiger partial charge on any atom is 0.240 e. The van der Waals surface area contributed by atoms with Gasteiger partial charge in [0.1, 0.15) is 11.6 Å². The Hall–Kier alpha value is -2.12. The van der Waals surface area contributed by atoms with E-state index in [2.05, 4.69) is 4.72 Å². The first-order chi connectivity index (χ1) is 9.92. The van der Waals surface area contributed by atoms with Crippen LogP contribution in [-0.4, -0.2) is 15.5 Å². The molecule has 5 nitrogen and oxygen atoms in total. The average molecular weight is 310 g/mol. The molecule has 0 saturated carbocycles. The van der Waals surface area contributed by atoms with Crippen LogP contribution in [0.3, 0.4) is 0 Å². The van der Waals surface area contributed by atoms with Gasteiger partial charge >= 0.3 is 0 Å². The minimum absolute atomic E-state index is 0.0742. The molecule has 21 heavy (non-hydrogen) atoms. The molecule has 0 bridgehead atoms. The normalized spacial score (nSPS) is 11.3. The summed E-state index contributed by atoms with van der Waals surface area (Å²) in [6.07, 6.45) is 0. The zero-order valence-corrected chi connectivity index (χ0v) is 12.2. The van der Waals surface area contributed by atoms with Crippen molar-refractivity contribution in [1.82, 2.24) is 4.72 Å². The van der Waals surface area contributed by atoms with Crippen LogP contribution in [0.2, 0.25) is 0 Å². The molecule has 0 aromatic heterocycles. The van der Waals surface area contributed by atoms with E-state index in [9.17, 15) is 12.8 Å². The van der Waals surface area contributed by atoms with Gasteiger partial charge in [0, 0.05) is 6.54 Å². The van der Waals surface area contributed by atoms with Crippen molar-refractivity contribution >= 4 is 15.7 Å². The zero-order chi connectivity index (χ0) is 15.5. The predicted octanol–water partition coefficient (Wildman–Crippen LogP) is 1.90. The largest absolute Gasteiger partial charge is 0.497 e. The van der Waals surface area contributed by atoms with Gasteiger partial charge in [-0.2, -0.15) is 0 Å². The molecule has 0 aliphatic carbocycles. The Labute approximate surface area is 122 Å². The van der Waals surface area contributed by atoms with E-state index in [1.165, 1.54) is 6.07 Å². The molecule has 0 fully saturated rings. The summed E-state index contributed by atoms with van der Waals surface area (Å²) < 4.78 is 44.7. The Morgan fingerprint density at radius 1 is 1.19 bits per heavy atom. The third-order valence-corrected chi connectivity index (χ3v) is 4.30. The molecule has 0 atom stereocenters. The number of ether oxygens (including phenoxy) is 1. The number of rotatable bonds is 5. The second kappa shape index (κ2) is 6.11. The fourth-order valence-corrected chi connectivity index (χ4v) is 2.75. The van der Waals surface area contributed by atoms with Gasteiger partial charge in [0.2, 0.25) is 10.0 Å². The Bertz CT molecular complexity index is 730. The number of sulfonamides is 1. The minimum Gasteiger partial charge on any atom is -0.497 e. The minimum atomic E-state index is -3.74. The zero-order valence-electron chi connectivity index (χ0n) is 11.3. The van der Waals surface area contributed by atoms with Gasteiger partial charge < -0.3 is 10.5 Å². The van der Waals surface area contributed by atoms with Crippen molar-refractivity contribution < 1.29 is 17.5 Å². The fraction of sp³-hybridized carbons (Fsp3) is 0.143. The number of hydrogen-bond acceptors (Lipinski definition) is 4. The van der Waals surface area contributed by atoms with Gasteiger partial charge in [-0.25, -0.2) is 17.5 Å². The van der Waals surface area contributed by atoms with Crippen molar-refractivity contribution in [3.05, 3.63) is 53.8 Å². The summed E-state index contributed by atoms with van der Waals surface area (Å²) >= 11 is 0. The lowest BCUT2D eigenvalue weighted by Crippen LogP contribution is -2.23. The molecule has 0 aliphatic heterocycles. The highest BCUT2D eigenvalue weighted by Gasteiger charge is 2.15. The van der Waals surface area contributed by atoms with Gasteiger partial charge in [-0.3, -0.25) is 0 Å². The molecule has 2 aromatic carbocycles. The molecular formula is C14H15FN2O3S. The Morgan fingerprint density at radius 3 is 2.43 bits per heavy atom. The van der Waals surface area contributed by atoms with E-state index in [-0.39, 0.29) is 17.1 Å². The number of hydrogen-bond donors (Lipinski definition) is 2. The number of nitrogens with one attached hydrogen (secondary N) is 1. The molecule has 0 saturated heterocycles. The van der Waals surface area contributed by atoms with E-state index in [0.29, 0.717) is 5.75 Å². The molecule has 112 valence electrons. The lowest BCUT2D eigenvalue weighted by atomic mass is 10.2. The SMILES string of the molecule is COc1ccc(CNS(=O)(=O)c2ccc(F)c(N)c2)cc1. The molecule has 0 heterocycles. The van der Waals surface area contributed by atoms with Crippen molar-refractivity contribution in [3.63, 3.8) is 0 Å². The van der Waals surface area contributed by atoms with E-state index in [0.717, 1.165) is 17.7 Å². The average Bonchev–Trinajstić information content (AvgIpc) is 2.48. The van der Waals surface area contributed by atoms with Crippen LogP contribution in [0.1, 0.15) is 5.56 Å². The Morgan fingerprint density at radius 2 is 1.86 bits per heavy atom.